The molecule has 0 fully saturated rings. The van der Waals surface area contributed by atoms with Crippen molar-refractivity contribution in [3.8, 4) is 11.5 Å². The number of methoxy groups -OCH3 is 1. The molecule has 3 rings (SSSR count). The number of halogens is 1. The summed E-state index contributed by atoms with van der Waals surface area (Å²) in [5.74, 6) is 0.828. The molecule has 1 heterocycles. The maximum atomic E-state index is 12.2. The normalized spacial score (nSPS) is 10.9. The summed E-state index contributed by atoms with van der Waals surface area (Å²) in [5.41, 5.74) is 4.17. The highest BCUT2D eigenvalue weighted by atomic mass is 35.5. The Labute approximate surface area is 161 Å². The average Bonchev–Trinajstić information content (AvgIpc) is 2.68. The number of hydrazone groups is 1. The number of hydrogen-bond acceptors (Lipinski definition) is 5. The second-order valence-electron chi connectivity index (χ2n) is 5.56. The Morgan fingerprint density at radius 1 is 1.26 bits per heavy atom. The lowest BCUT2D eigenvalue weighted by atomic mass is 10.1. The minimum absolute atomic E-state index is 0.284. The van der Waals surface area contributed by atoms with E-state index in [1.807, 2.05) is 31.2 Å². The molecule has 0 aliphatic rings. The largest absolute Gasteiger partial charge is 0.496 e. The van der Waals surface area contributed by atoms with E-state index in [0.717, 1.165) is 16.7 Å². The Kier molecular flexibility index (Phi) is 5.88. The van der Waals surface area contributed by atoms with E-state index >= 15 is 0 Å². The highest BCUT2D eigenvalue weighted by molar-refractivity contribution is 6.32. The third-order valence-electron chi connectivity index (χ3n) is 3.80. The fraction of sp³-hybridized carbons (Fsp3) is 0.150. The third kappa shape index (κ3) is 4.35. The number of ether oxygens (including phenoxy) is 2. The van der Waals surface area contributed by atoms with E-state index in [1.165, 1.54) is 13.3 Å². The number of amides is 1. The van der Waals surface area contributed by atoms with Gasteiger partial charge in [-0.15, -0.1) is 0 Å². The number of pyridine rings is 1. The second-order valence-corrected chi connectivity index (χ2v) is 5.91. The number of fused-ring (bicyclic) bond motifs is 1. The van der Waals surface area contributed by atoms with Gasteiger partial charge < -0.3 is 9.47 Å². The zero-order valence-electron chi connectivity index (χ0n) is 14.9. The molecule has 0 radical (unpaired) electrons. The molecule has 1 amide bonds. The van der Waals surface area contributed by atoms with Gasteiger partial charge in [0.05, 0.1) is 31.0 Å². The van der Waals surface area contributed by atoms with E-state index in [4.69, 9.17) is 21.1 Å². The fourth-order valence-corrected chi connectivity index (χ4v) is 2.73. The van der Waals surface area contributed by atoms with Gasteiger partial charge in [-0.3, -0.25) is 4.79 Å². The number of nitrogens with one attached hydrogen (secondary N) is 1. The monoisotopic (exact) mass is 383 g/mol. The van der Waals surface area contributed by atoms with Crippen LogP contribution in [0.1, 0.15) is 22.8 Å². The standard InChI is InChI=1S/C20H18ClN3O3/c1-3-27-15-9-8-13-10-14(19(21)23-17(13)11-15)12-22-24-20(25)16-6-4-5-7-18(16)26-2/h4-12H,3H2,1-2H3,(H,24,25)/b22-12+. The molecule has 0 bridgehead atoms. The van der Waals surface area contributed by atoms with Crippen LogP contribution >= 0.6 is 11.6 Å². The molecule has 0 aliphatic heterocycles. The highest BCUT2D eigenvalue weighted by Gasteiger charge is 2.10. The average molecular weight is 384 g/mol. The van der Waals surface area contributed by atoms with Gasteiger partial charge in [-0.1, -0.05) is 23.7 Å². The summed E-state index contributed by atoms with van der Waals surface area (Å²) in [6.45, 7) is 2.50. The Balaban J connectivity index is 1.78. The first-order chi connectivity index (χ1) is 13.1. The van der Waals surface area contributed by atoms with Crippen molar-refractivity contribution in [2.24, 2.45) is 5.10 Å². The van der Waals surface area contributed by atoms with Gasteiger partial charge in [0.2, 0.25) is 0 Å². The molecule has 2 aromatic carbocycles. The van der Waals surface area contributed by atoms with Crippen LogP contribution in [-0.4, -0.2) is 30.8 Å². The van der Waals surface area contributed by atoms with Crippen molar-refractivity contribution in [2.75, 3.05) is 13.7 Å². The van der Waals surface area contributed by atoms with Crippen molar-refractivity contribution < 1.29 is 14.3 Å². The van der Waals surface area contributed by atoms with E-state index in [-0.39, 0.29) is 11.1 Å². The molecule has 6 nitrogen and oxygen atoms in total. The van der Waals surface area contributed by atoms with Gasteiger partial charge in [0.1, 0.15) is 16.7 Å². The molecule has 0 spiro atoms. The van der Waals surface area contributed by atoms with Gasteiger partial charge in [-0.2, -0.15) is 5.10 Å². The van der Waals surface area contributed by atoms with Crippen LogP contribution in [0.2, 0.25) is 5.15 Å². The topological polar surface area (TPSA) is 72.8 Å². The quantitative estimate of drug-likeness (QED) is 0.396. The number of aromatic nitrogens is 1. The van der Waals surface area contributed by atoms with Crippen molar-refractivity contribution in [1.82, 2.24) is 10.4 Å². The molecule has 0 unspecified atom stereocenters. The first-order valence-corrected chi connectivity index (χ1v) is 8.69. The molecule has 0 atom stereocenters. The summed E-state index contributed by atoms with van der Waals surface area (Å²) in [4.78, 5) is 16.6. The zero-order chi connectivity index (χ0) is 19.2. The molecule has 1 N–H and O–H groups in total. The second kappa shape index (κ2) is 8.51. The van der Waals surface area contributed by atoms with Crippen molar-refractivity contribution >= 4 is 34.6 Å². The van der Waals surface area contributed by atoms with Crippen LogP contribution in [-0.2, 0) is 0 Å². The van der Waals surface area contributed by atoms with Crippen LogP contribution in [0.15, 0.2) is 53.6 Å². The van der Waals surface area contributed by atoms with Crippen LogP contribution in [0.4, 0.5) is 0 Å². The number of carbonyl (C=O) groups is 1. The van der Waals surface area contributed by atoms with Gasteiger partial charge >= 0.3 is 0 Å². The number of benzene rings is 2. The molecule has 7 heteroatoms. The minimum Gasteiger partial charge on any atom is -0.496 e. The lowest BCUT2D eigenvalue weighted by molar-refractivity contribution is 0.0952. The summed E-state index contributed by atoms with van der Waals surface area (Å²) in [6, 6.07) is 14.3. The predicted molar refractivity (Wildman–Crippen MR) is 106 cm³/mol. The number of para-hydroxylation sites is 1. The van der Waals surface area contributed by atoms with E-state index in [1.54, 1.807) is 24.3 Å². The number of rotatable bonds is 6. The summed E-state index contributed by atoms with van der Waals surface area (Å²) in [5, 5.41) is 5.15. The maximum absolute atomic E-state index is 12.2. The molecule has 0 aliphatic carbocycles. The van der Waals surface area contributed by atoms with E-state index < -0.39 is 0 Å². The molecular weight excluding hydrogens is 366 g/mol. The zero-order valence-corrected chi connectivity index (χ0v) is 15.7. The van der Waals surface area contributed by atoms with Crippen LogP contribution in [0, 0.1) is 0 Å². The molecular formula is C20H18ClN3O3. The van der Waals surface area contributed by atoms with E-state index in [2.05, 4.69) is 15.5 Å². The van der Waals surface area contributed by atoms with Gasteiger partial charge in [-0.25, -0.2) is 10.4 Å². The van der Waals surface area contributed by atoms with E-state index in [9.17, 15) is 4.79 Å². The van der Waals surface area contributed by atoms with E-state index in [0.29, 0.717) is 23.5 Å². The Bertz CT molecular complexity index is 1000. The first kappa shape index (κ1) is 18.7. The number of nitrogens with zero attached hydrogens (tertiary/aromatic N) is 2. The SMILES string of the molecule is CCOc1ccc2cc(/C=N/NC(=O)c3ccccc3OC)c(Cl)nc2c1. The first-order valence-electron chi connectivity index (χ1n) is 8.32. The predicted octanol–water partition coefficient (Wildman–Crippen LogP) is 4.06. The van der Waals surface area contributed by atoms with Gasteiger partial charge in [0.15, 0.2) is 0 Å². The van der Waals surface area contributed by atoms with Gasteiger partial charge in [0, 0.05) is 17.0 Å². The van der Waals surface area contributed by atoms with Crippen molar-refractivity contribution in [2.45, 2.75) is 6.92 Å². The highest BCUT2D eigenvalue weighted by Crippen LogP contribution is 2.23. The molecule has 3 aromatic rings. The maximum Gasteiger partial charge on any atom is 0.275 e. The lowest BCUT2D eigenvalue weighted by Gasteiger charge is -2.07. The number of hydrogen-bond donors (Lipinski definition) is 1. The Hall–Kier alpha value is -3.12. The van der Waals surface area contributed by atoms with Crippen LogP contribution < -0.4 is 14.9 Å². The Morgan fingerprint density at radius 2 is 2.07 bits per heavy atom. The fourth-order valence-electron chi connectivity index (χ4n) is 2.54. The lowest BCUT2D eigenvalue weighted by Crippen LogP contribution is -2.18. The van der Waals surface area contributed by atoms with Crippen molar-refractivity contribution in [3.05, 3.63) is 64.8 Å². The molecule has 138 valence electrons. The summed E-state index contributed by atoms with van der Waals surface area (Å²) in [7, 11) is 1.51. The summed E-state index contributed by atoms with van der Waals surface area (Å²) in [6.07, 6.45) is 1.46. The van der Waals surface area contributed by atoms with Crippen molar-refractivity contribution in [3.63, 3.8) is 0 Å². The molecule has 0 saturated heterocycles. The summed E-state index contributed by atoms with van der Waals surface area (Å²) >= 11 is 6.24. The molecule has 27 heavy (non-hydrogen) atoms. The van der Waals surface area contributed by atoms with Crippen LogP contribution in [0.5, 0.6) is 11.5 Å². The smallest absolute Gasteiger partial charge is 0.275 e. The van der Waals surface area contributed by atoms with Crippen LogP contribution in [0.25, 0.3) is 10.9 Å². The summed E-state index contributed by atoms with van der Waals surface area (Å²) < 4.78 is 10.6. The van der Waals surface area contributed by atoms with Crippen LogP contribution in [0.3, 0.4) is 0 Å². The van der Waals surface area contributed by atoms with Gasteiger partial charge in [-0.05, 0) is 37.3 Å². The number of carbonyl (C=O) groups excluding carboxylic acids is 1. The third-order valence-corrected chi connectivity index (χ3v) is 4.10. The van der Waals surface area contributed by atoms with Gasteiger partial charge in [0.25, 0.3) is 5.91 Å². The Morgan fingerprint density at radius 3 is 2.85 bits per heavy atom. The molecule has 1 aromatic heterocycles. The van der Waals surface area contributed by atoms with Crippen molar-refractivity contribution in [1.29, 1.82) is 0 Å². The molecule has 0 saturated carbocycles. The minimum atomic E-state index is -0.380.